The fourth-order valence-corrected chi connectivity index (χ4v) is 1.25. The normalized spacial score (nSPS) is 11.5. The highest BCUT2D eigenvalue weighted by Gasteiger charge is 2.30. The minimum absolute atomic E-state index is 0.0972. The molecule has 0 heterocycles. The van der Waals surface area contributed by atoms with Crippen LogP contribution in [0.2, 0.25) is 0 Å². The first-order chi connectivity index (χ1) is 7.10. The summed E-state index contributed by atoms with van der Waals surface area (Å²) in [7, 11) is 0. The molecule has 0 fully saturated rings. The van der Waals surface area contributed by atoms with E-state index in [1.807, 2.05) is 6.92 Å². The second-order valence-electron chi connectivity index (χ2n) is 3.14. The maximum Gasteiger partial charge on any atom is 0.275 e. The van der Waals surface area contributed by atoms with Crippen molar-refractivity contribution in [2.24, 2.45) is 0 Å². The molecule has 0 spiro atoms. The van der Waals surface area contributed by atoms with Crippen molar-refractivity contribution in [3.63, 3.8) is 0 Å². The van der Waals surface area contributed by atoms with Crippen LogP contribution in [0.15, 0.2) is 24.3 Å². The van der Waals surface area contributed by atoms with Gasteiger partial charge in [-0.3, -0.25) is 0 Å². The number of aliphatic hydroxyl groups excluding tert-OH is 1. The van der Waals surface area contributed by atoms with Gasteiger partial charge in [0.2, 0.25) is 0 Å². The molecule has 0 saturated carbocycles. The van der Waals surface area contributed by atoms with Gasteiger partial charge in [-0.15, -0.1) is 0 Å². The Kier molecular flexibility index (Phi) is 4.03. The lowest BCUT2D eigenvalue weighted by molar-refractivity contribution is -0.0269. The molecule has 0 aliphatic heterocycles. The van der Waals surface area contributed by atoms with E-state index in [4.69, 9.17) is 9.84 Å². The second kappa shape index (κ2) is 5.07. The van der Waals surface area contributed by atoms with Gasteiger partial charge >= 0.3 is 0 Å². The van der Waals surface area contributed by atoms with Crippen LogP contribution in [0.3, 0.4) is 0 Å². The van der Waals surface area contributed by atoms with E-state index in [2.05, 4.69) is 0 Å². The molecule has 1 aromatic rings. The van der Waals surface area contributed by atoms with Gasteiger partial charge in [0.15, 0.2) is 0 Å². The molecule has 1 N–H and O–H groups in total. The van der Waals surface area contributed by atoms with Crippen molar-refractivity contribution in [3.8, 4) is 5.75 Å². The molecule has 0 amide bonds. The summed E-state index contributed by atoms with van der Waals surface area (Å²) < 4.78 is 31.7. The van der Waals surface area contributed by atoms with Crippen LogP contribution in [0.1, 0.15) is 18.9 Å². The Balaban J connectivity index is 2.78. The Morgan fingerprint density at radius 3 is 2.33 bits per heavy atom. The fraction of sp³-hybridized carbons (Fsp3) is 0.455. The average molecular weight is 216 g/mol. The summed E-state index contributed by atoms with van der Waals surface area (Å²) in [6, 6.07) is 5.65. The van der Waals surface area contributed by atoms with E-state index in [0.29, 0.717) is 12.4 Å². The minimum Gasteiger partial charge on any atom is -0.494 e. The Morgan fingerprint density at radius 1 is 1.27 bits per heavy atom. The molecule has 15 heavy (non-hydrogen) atoms. The molecule has 1 rings (SSSR count). The number of aliphatic hydroxyl groups is 1. The molecule has 1 aromatic carbocycles. The van der Waals surface area contributed by atoms with Crippen LogP contribution in [0, 0.1) is 0 Å². The highest BCUT2D eigenvalue weighted by atomic mass is 19.3. The zero-order chi connectivity index (χ0) is 11.3. The van der Waals surface area contributed by atoms with E-state index in [1.165, 1.54) is 24.3 Å². The highest BCUT2D eigenvalue weighted by Crippen LogP contribution is 2.32. The van der Waals surface area contributed by atoms with E-state index in [9.17, 15) is 8.78 Å². The van der Waals surface area contributed by atoms with Crippen molar-refractivity contribution in [1.82, 2.24) is 0 Å². The maximum atomic E-state index is 13.3. The van der Waals surface area contributed by atoms with Crippen LogP contribution in [0.5, 0.6) is 5.75 Å². The number of rotatable bonds is 5. The highest BCUT2D eigenvalue weighted by molar-refractivity contribution is 5.29. The van der Waals surface area contributed by atoms with Crippen molar-refractivity contribution in [1.29, 1.82) is 0 Å². The lowest BCUT2D eigenvalue weighted by Crippen LogP contribution is -2.15. The minimum atomic E-state index is -2.97. The predicted octanol–water partition coefficient (Wildman–Crippen LogP) is 2.56. The van der Waals surface area contributed by atoms with Crippen LogP contribution in [-0.2, 0) is 5.92 Å². The van der Waals surface area contributed by atoms with Gasteiger partial charge in [-0.2, -0.15) is 0 Å². The third-order valence-corrected chi connectivity index (χ3v) is 2.01. The van der Waals surface area contributed by atoms with Crippen LogP contribution >= 0.6 is 0 Å². The molecule has 0 unspecified atom stereocenters. The van der Waals surface area contributed by atoms with Gasteiger partial charge in [0.1, 0.15) is 5.75 Å². The molecular weight excluding hydrogens is 202 g/mol. The van der Waals surface area contributed by atoms with Crippen LogP contribution < -0.4 is 4.74 Å². The summed E-state index contributed by atoms with van der Waals surface area (Å²) in [4.78, 5) is 0. The fourth-order valence-electron chi connectivity index (χ4n) is 1.25. The summed E-state index contributed by atoms with van der Waals surface area (Å²) in [5.74, 6) is -2.40. The van der Waals surface area contributed by atoms with Crippen LogP contribution in [-0.4, -0.2) is 18.3 Å². The van der Waals surface area contributed by atoms with E-state index in [1.54, 1.807) is 0 Å². The Bertz CT molecular complexity index is 296. The number of alkyl halides is 2. The quantitative estimate of drug-likeness (QED) is 0.819. The third kappa shape index (κ3) is 3.16. The van der Waals surface area contributed by atoms with Gasteiger partial charge < -0.3 is 9.84 Å². The SMILES string of the molecule is CCOc1ccc(C(F)(F)CCO)cc1. The van der Waals surface area contributed by atoms with Crippen LogP contribution in [0.4, 0.5) is 8.78 Å². The van der Waals surface area contributed by atoms with E-state index < -0.39 is 19.0 Å². The first-order valence-corrected chi connectivity index (χ1v) is 4.82. The summed E-state index contributed by atoms with van der Waals surface area (Å²) in [5, 5.41) is 8.50. The monoisotopic (exact) mass is 216 g/mol. The molecular formula is C11H14F2O2. The number of benzene rings is 1. The maximum absolute atomic E-state index is 13.3. The lowest BCUT2D eigenvalue weighted by atomic mass is 10.1. The Labute approximate surface area is 87.5 Å². The van der Waals surface area contributed by atoms with Crippen LogP contribution in [0.25, 0.3) is 0 Å². The van der Waals surface area contributed by atoms with Gasteiger partial charge in [0, 0.05) is 18.6 Å². The molecule has 0 aliphatic rings. The molecule has 2 nitrogen and oxygen atoms in total. The molecule has 0 saturated heterocycles. The smallest absolute Gasteiger partial charge is 0.275 e. The summed E-state index contributed by atoms with van der Waals surface area (Å²) in [6.07, 6.45) is -0.555. The van der Waals surface area contributed by atoms with E-state index in [0.717, 1.165) is 0 Å². The third-order valence-electron chi connectivity index (χ3n) is 2.01. The summed E-state index contributed by atoms with van der Waals surface area (Å²) in [6.45, 7) is 1.81. The largest absolute Gasteiger partial charge is 0.494 e. The topological polar surface area (TPSA) is 29.5 Å². The van der Waals surface area contributed by atoms with E-state index >= 15 is 0 Å². The average Bonchev–Trinajstić information content (AvgIpc) is 2.19. The first-order valence-electron chi connectivity index (χ1n) is 4.82. The van der Waals surface area contributed by atoms with Gasteiger partial charge in [0.05, 0.1) is 6.61 Å². The van der Waals surface area contributed by atoms with Crippen molar-refractivity contribution in [2.75, 3.05) is 13.2 Å². The van der Waals surface area contributed by atoms with Crippen molar-refractivity contribution >= 4 is 0 Å². The second-order valence-corrected chi connectivity index (χ2v) is 3.14. The van der Waals surface area contributed by atoms with Gasteiger partial charge in [-0.1, -0.05) is 0 Å². The standard InChI is InChI=1S/C11H14F2O2/c1-2-15-10-5-3-9(4-6-10)11(12,13)7-8-14/h3-6,14H,2,7-8H2,1H3. The molecule has 0 aliphatic carbocycles. The number of halogens is 2. The molecule has 4 heteroatoms. The van der Waals surface area contributed by atoms with E-state index in [-0.39, 0.29) is 5.56 Å². The molecule has 0 aromatic heterocycles. The van der Waals surface area contributed by atoms with Crippen molar-refractivity contribution in [2.45, 2.75) is 19.3 Å². The molecule has 84 valence electrons. The zero-order valence-corrected chi connectivity index (χ0v) is 8.54. The van der Waals surface area contributed by atoms with Gasteiger partial charge in [0.25, 0.3) is 5.92 Å². The van der Waals surface area contributed by atoms with Crippen molar-refractivity contribution in [3.05, 3.63) is 29.8 Å². The Morgan fingerprint density at radius 2 is 1.87 bits per heavy atom. The zero-order valence-electron chi connectivity index (χ0n) is 8.54. The number of hydrogen-bond acceptors (Lipinski definition) is 2. The van der Waals surface area contributed by atoms with Gasteiger partial charge in [-0.25, -0.2) is 8.78 Å². The number of hydrogen-bond donors (Lipinski definition) is 1. The van der Waals surface area contributed by atoms with Gasteiger partial charge in [-0.05, 0) is 31.2 Å². The predicted molar refractivity (Wildman–Crippen MR) is 53.2 cm³/mol. The molecule has 0 radical (unpaired) electrons. The molecule has 0 bridgehead atoms. The molecule has 0 atom stereocenters. The first kappa shape index (κ1) is 11.9. The summed E-state index contributed by atoms with van der Waals surface area (Å²) in [5.41, 5.74) is -0.0972. The number of ether oxygens (including phenoxy) is 1. The van der Waals surface area contributed by atoms with Crippen molar-refractivity contribution < 1.29 is 18.6 Å². The Hall–Kier alpha value is -1.16. The lowest BCUT2D eigenvalue weighted by Gasteiger charge is -2.15. The summed E-state index contributed by atoms with van der Waals surface area (Å²) >= 11 is 0.